The Morgan fingerprint density at radius 2 is 1.69 bits per heavy atom. The van der Waals surface area contributed by atoms with Crippen molar-refractivity contribution < 1.29 is 13.2 Å². The van der Waals surface area contributed by atoms with Crippen LogP contribution in [-0.4, -0.2) is 31.7 Å². The number of benzene rings is 3. The lowest BCUT2D eigenvalue weighted by Crippen LogP contribution is -2.43. The number of sulfonamides is 1. The number of nitrogens with one attached hydrogen (secondary N) is 1. The molecule has 4 rings (SSSR count). The summed E-state index contributed by atoms with van der Waals surface area (Å²) in [6, 6.07) is 19.0. The topological polar surface area (TPSA) is 66.5 Å². The van der Waals surface area contributed by atoms with Gasteiger partial charge in [-0.15, -0.1) is 0 Å². The van der Waals surface area contributed by atoms with Crippen molar-refractivity contribution in [3.8, 4) is 0 Å². The molecule has 0 saturated carbocycles. The van der Waals surface area contributed by atoms with Crippen LogP contribution in [0.4, 0.5) is 0 Å². The van der Waals surface area contributed by atoms with E-state index in [1.165, 1.54) is 4.31 Å². The lowest BCUT2D eigenvalue weighted by atomic mass is 9.97. The van der Waals surface area contributed by atoms with Gasteiger partial charge in [-0.05, 0) is 46.9 Å². The molecule has 1 saturated heterocycles. The highest BCUT2D eigenvalue weighted by molar-refractivity contribution is 7.88. The average molecular weight is 491 g/mol. The van der Waals surface area contributed by atoms with Crippen molar-refractivity contribution in [3.63, 3.8) is 0 Å². The van der Waals surface area contributed by atoms with Crippen LogP contribution >= 0.6 is 23.2 Å². The summed E-state index contributed by atoms with van der Waals surface area (Å²) < 4.78 is 27.1. The highest BCUT2D eigenvalue weighted by Gasteiger charge is 2.31. The summed E-state index contributed by atoms with van der Waals surface area (Å²) in [4.78, 5) is 12.7. The predicted molar refractivity (Wildman–Crippen MR) is 129 cm³/mol. The zero-order chi connectivity index (χ0) is 22.7. The fourth-order valence-corrected chi connectivity index (χ4v) is 5.97. The number of hydrogen-bond donors (Lipinski definition) is 1. The quantitative estimate of drug-likeness (QED) is 0.528. The van der Waals surface area contributed by atoms with E-state index in [2.05, 4.69) is 17.4 Å². The maximum absolute atomic E-state index is 12.8. The molecule has 0 unspecified atom stereocenters. The van der Waals surface area contributed by atoms with Gasteiger partial charge in [0.15, 0.2) is 0 Å². The van der Waals surface area contributed by atoms with Crippen LogP contribution in [0.1, 0.15) is 24.0 Å². The van der Waals surface area contributed by atoms with Crippen LogP contribution in [-0.2, 0) is 27.1 Å². The summed E-state index contributed by atoms with van der Waals surface area (Å²) in [6.07, 6.45) is 1.00. The molecule has 5 nitrogen and oxygen atoms in total. The van der Waals surface area contributed by atoms with Crippen LogP contribution in [0.5, 0.6) is 0 Å². The summed E-state index contributed by atoms with van der Waals surface area (Å²) in [6.45, 7) is 1.11. The Bertz CT molecular complexity index is 1230. The summed E-state index contributed by atoms with van der Waals surface area (Å²) in [5.74, 6) is -0.358. The molecule has 1 aliphatic rings. The van der Waals surface area contributed by atoms with E-state index in [1.807, 2.05) is 30.3 Å². The molecule has 3 aromatic rings. The number of carbonyl (C=O) groups excluding carboxylic acids is 1. The van der Waals surface area contributed by atoms with Crippen LogP contribution in [0.15, 0.2) is 60.7 Å². The maximum atomic E-state index is 12.8. The van der Waals surface area contributed by atoms with Gasteiger partial charge in [-0.2, -0.15) is 0 Å². The molecule has 3 aromatic carbocycles. The third-order valence-corrected chi connectivity index (χ3v) is 8.47. The molecule has 0 spiro atoms. The molecule has 0 aromatic heterocycles. The molecule has 1 fully saturated rings. The van der Waals surface area contributed by atoms with Gasteiger partial charge >= 0.3 is 0 Å². The number of amides is 1. The van der Waals surface area contributed by atoms with Crippen LogP contribution in [0.3, 0.4) is 0 Å². The fourth-order valence-electron chi connectivity index (χ4n) is 4.10. The van der Waals surface area contributed by atoms with Crippen LogP contribution in [0.2, 0.25) is 10.0 Å². The highest BCUT2D eigenvalue weighted by atomic mass is 35.5. The molecule has 0 atom stereocenters. The number of fused-ring (bicyclic) bond motifs is 1. The summed E-state index contributed by atoms with van der Waals surface area (Å²) in [5.41, 5.74) is 1.66. The van der Waals surface area contributed by atoms with Gasteiger partial charge in [-0.25, -0.2) is 12.7 Å². The van der Waals surface area contributed by atoms with Crippen LogP contribution in [0, 0.1) is 5.92 Å². The van der Waals surface area contributed by atoms with Gasteiger partial charge in [-0.1, -0.05) is 71.7 Å². The molecule has 0 aliphatic carbocycles. The van der Waals surface area contributed by atoms with Gasteiger partial charge in [0.2, 0.25) is 15.9 Å². The minimum atomic E-state index is -3.49. The van der Waals surface area contributed by atoms with E-state index in [1.54, 1.807) is 18.2 Å². The van der Waals surface area contributed by atoms with E-state index in [9.17, 15) is 13.2 Å². The lowest BCUT2D eigenvalue weighted by molar-refractivity contribution is -0.126. The van der Waals surface area contributed by atoms with Crippen molar-refractivity contribution in [2.45, 2.75) is 25.1 Å². The van der Waals surface area contributed by atoms with Crippen molar-refractivity contribution >= 4 is 49.9 Å². The average Bonchev–Trinajstić information content (AvgIpc) is 2.80. The van der Waals surface area contributed by atoms with Gasteiger partial charge in [-0.3, -0.25) is 4.79 Å². The molecular formula is C24H24Cl2N2O3S. The summed E-state index contributed by atoms with van der Waals surface area (Å²) in [7, 11) is -3.49. The Balaban J connectivity index is 1.32. The van der Waals surface area contributed by atoms with E-state index in [0.29, 0.717) is 48.1 Å². The monoisotopic (exact) mass is 490 g/mol. The lowest BCUT2D eigenvalue weighted by Gasteiger charge is -2.30. The minimum absolute atomic E-state index is 0.0283. The standard InChI is InChI=1S/C24H24Cl2N2O3S/c25-22-9-8-17(14-23(22)26)16-32(30,31)28-12-10-19(11-13-28)24(29)27-15-20-6-3-5-18-4-1-2-7-21(18)20/h1-9,14,19H,10-13,15-16H2,(H,27,29). The largest absolute Gasteiger partial charge is 0.352 e. The first-order valence-corrected chi connectivity index (χ1v) is 12.9. The maximum Gasteiger partial charge on any atom is 0.223 e. The number of rotatable bonds is 6. The van der Waals surface area contributed by atoms with Gasteiger partial charge in [0.1, 0.15) is 0 Å². The number of nitrogens with zero attached hydrogens (tertiary/aromatic N) is 1. The Morgan fingerprint density at radius 3 is 2.44 bits per heavy atom. The van der Waals surface area contributed by atoms with E-state index in [0.717, 1.165) is 16.3 Å². The van der Waals surface area contributed by atoms with Crippen LogP contribution in [0.25, 0.3) is 10.8 Å². The zero-order valence-corrected chi connectivity index (χ0v) is 19.8. The molecule has 8 heteroatoms. The van der Waals surface area contributed by atoms with Crippen molar-refractivity contribution in [2.24, 2.45) is 5.92 Å². The van der Waals surface area contributed by atoms with Crippen molar-refractivity contribution in [3.05, 3.63) is 81.8 Å². The van der Waals surface area contributed by atoms with Crippen molar-refractivity contribution in [1.82, 2.24) is 9.62 Å². The minimum Gasteiger partial charge on any atom is -0.352 e. The van der Waals surface area contributed by atoms with Gasteiger partial charge in [0.05, 0.1) is 15.8 Å². The Hall–Kier alpha value is -2.12. The van der Waals surface area contributed by atoms with Crippen molar-refractivity contribution in [2.75, 3.05) is 13.1 Å². The molecule has 1 N–H and O–H groups in total. The van der Waals surface area contributed by atoms with E-state index in [4.69, 9.17) is 23.2 Å². The van der Waals surface area contributed by atoms with Gasteiger partial charge in [0, 0.05) is 25.6 Å². The molecule has 0 radical (unpaired) electrons. The third kappa shape index (κ3) is 5.26. The number of hydrogen-bond acceptors (Lipinski definition) is 3. The third-order valence-electron chi connectivity index (χ3n) is 5.88. The predicted octanol–water partition coefficient (Wildman–Crippen LogP) is 5.00. The summed E-state index contributed by atoms with van der Waals surface area (Å²) in [5, 5.41) is 6.02. The van der Waals surface area contributed by atoms with E-state index in [-0.39, 0.29) is 17.6 Å². The molecular weight excluding hydrogens is 467 g/mol. The first kappa shape index (κ1) is 23.1. The van der Waals surface area contributed by atoms with Crippen molar-refractivity contribution in [1.29, 1.82) is 0 Å². The smallest absolute Gasteiger partial charge is 0.223 e. The number of carbonyl (C=O) groups is 1. The second-order valence-electron chi connectivity index (χ2n) is 8.03. The second-order valence-corrected chi connectivity index (χ2v) is 10.8. The van der Waals surface area contributed by atoms with E-state index < -0.39 is 10.0 Å². The molecule has 0 bridgehead atoms. The Morgan fingerprint density at radius 1 is 0.969 bits per heavy atom. The number of halogens is 2. The Labute approximate surface area is 198 Å². The van der Waals surface area contributed by atoms with Crippen LogP contribution < -0.4 is 5.32 Å². The SMILES string of the molecule is O=C(NCc1cccc2ccccc12)C1CCN(S(=O)(=O)Cc2ccc(Cl)c(Cl)c2)CC1. The van der Waals surface area contributed by atoms with Gasteiger partial charge in [0.25, 0.3) is 0 Å². The first-order chi connectivity index (χ1) is 15.3. The molecule has 1 amide bonds. The summed E-state index contributed by atoms with van der Waals surface area (Å²) >= 11 is 11.9. The Kier molecular flexibility index (Phi) is 7.05. The first-order valence-electron chi connectivity index (χ1n) is 10.5. The fraction of sp³-hybridized carbons (Fsp3) is 0.292. The van der Waals surface area contributed by atoms with E-state index >= 15 is 0 Å². The molecule has 32 heavy (non-hydrogen) atoms. The zero-order valence-electron chi connectivity index (χ0n) is 17.4. The van der Waals surface area contributed by atoms with Gasteiger partial charge < -0.3 is 5.32 Å². The highest BCUT2D eigenvalue weighted by Crippen LogP contribution is 2.26. The second kappa shape index (κ2) is 9.79. The number of piperidine rings is 1. The molecule has 168 valence electrons. The normalized spacial score (nSPS) is 15.7. The molecule has 1 heterocycles. The molecule has 1 aliphatic heterocycles.